The Bertz CT molecular complexity index is 75.5. The van der Waals surface area contributed by atoms with Gasteiger partial charge in [-0.15, -0.1) is 0 Å². The Morgan fingerprint density at radius 3 is 2.89 bits per heavy atom. The minimum absolute atomic E-state index is 0.790. The minimum atomic E-state index is 0.790. The summed E-state index contributed by atoms with van der Waals surface area (Å²) in [6.07, 6.45) is 0. The molecule has 1 aliphatic heterocycles. The van der Waals surface area contributed by atoms with Gasteiger partial charge in [-0.05, 0) is 7.05 Å². The summed E-state index contributed by atoms with van der Waals surface area (Å²) in [6.45, 7) is 3.05. The van der Waals surface area contributed by atoms with Gasteiger partial charge >= 0.3 is 0 Å². The van der Waals surface area contributed by atoms with Crippen LogP contribution in [0.2, 0.25) is 0 Å². The lowest BCUT2D eigenvalue weighted by atomic mass is 10.4. The summed E-state index contributed by atoms with van der Waals surface area (Å²) in [6, 6.07) is 0. The van der Waals surface area contributed by atoms with Crippen molar-refractivity contribution < 1.29 is 4.74 Å². The molecule has 1 heterocycles. The van der Waals surface area contributed by atoms with Crippen LogP contribution in [0.3, 0.4) is 0 Å². The van der Waals surface area contributed by atoms with E-state index in [9.17, 15) is 0 Å². The van der Waals surface area contributed by atoms with Crippen LogP contribution in [-0.4, -0.2) is 37.8 Å². The van der Waals surface area contributed by atoms with Crippen molar-refractivity contribution in [2.75, 3.05) is 32.6 Å². The zero-order chi connectivity index (χ0) is 6.53. The Kier molecular flexibility index (Phi) is 3.40. The third-order valence-electron chi connectivity index (χ3n) is 1.31. The molecule has 1 fully saturated rings. The van der Waals surface area contributed by atoms with E-state index in [-0.39, 0.29) is 0 Å². The third kappa shape index (κ3) is 2.56. The van der Waals surface area contributed by atoms with Gasteiger partial charge in [0, 0.05) is 12.3 Å². The molecule has 1 aliphatic rings. The summed E-state index contributed by atoms with van der Waals surface area (Å²) in [5, 5.41) is 3.90. The maximum atomic E-state index is 5.02. The monoisotopic (exact) mass is 147 g/mol. The molecule has 54 valence electrons. The molecule has 0 aromatic rings. The van der Waals surface area contributed by atoms with Gasteiger partial charge < -0.3 is 10.1 Å². The van der Waals surface area contributed by atoms with Gasteiger partial charge in [0.2, 0.25) is 0 Å². The highest BCUT2D eigenvalue weighted by Crippen LogP contribution is 2.17. The number of nitrogens with one attached hydrogen (secondary N) is 1. The van der Waals surface area contributed by atoms with Gasteiger partial charge in [0.05, 0.1) is 18.5 Å². The molecule has 1 N–H and O–H groups in total. The molecular formula is C6H13NOS. The molecule has 1 saturated heterocycles. The van der Waals surface area contributed by atoms with Crippen molar-refractivity contribution in [1.82, 2.24) is 5.32 Å². The predicted octanol–water partition coefficient (Wildman–Crippen LogP) is 0.338. The van der Waals surface area contributed by atoms with E-state index in [0.717, 1.165) is 25.0 Å². The standard InChI is InChI=1S/C6H13NOS/c1-7-2-3-9-6-4-8-5-6/h6-7H,2-5H2,1H3. The van der Waals surface area contributed by atoms with Gasteiger partial charge in [-0.3, -0.25) is 0 Å². The van der Waals surface area contributed by atoms with Crippen LogP contribution >= 0.6 is 11.8 Å². The van der Waals surface area contributed by atoms with Crippen LogP contribution in [0.25, 0.3) is 0 Å². The first kappa shape index (κ1) is 7.38. The van der Waals surface area contributed by atoms with E-state index in [1.807, 2.05) is 18.8 Å². The molecule has 2 nitrogen and oxygen atoms in total. The first-order valence-corrected chi connectivity index (χ1v) is 4.32. The van der Waals surface area contributed by atoms with Crippen LogP contribution in [0.1, 0.15) is 0 Å². The van der Waals surface area contributed by atoms with E-state index in [4.69, 9.17) is 4.74 Å². The Morgan fingerprint density at radius 1 is 1.67 bits per heavy atom. The smallest absolute Gasteiger partial charge is 0.0607 e. The van der Waals surface area contributed by atoms with Crippen molar-refractivity contribution in [2.24, 2.45) is 0 Å². The fourth-order valence-electron chi connectivity index (χ4n) is 0.638. The summed E-state index contributed by atoms with van der Waals surface area (Å²) in [7, 11) is 1.98. The average molecular weight is 147 g/mol. The molecular weight excluding hydrogens is 134 g/mol. The second-order valence-electron chi connectivity index (χ2n) is 2.13. The molecule has 0 bridgehead atoms. The average Bonchev–Trinajstić information content (AvgIpc) is 1.76. The molecule has 0 radical (unpaired) electrons. The number of rotatable bonds is 4. The molecule has 0 spiro atoms. The van der Waals surface area contributed by atoms with Crippen molar-refractivity contribution in [1.29, 1.82) is 0 Å². The molecule has 9 heavy (non-hydrogen) atoms. The molecule has 0 saturated carbocycles. The molecule has 0 aromatic heterocycles. The SMILES string of the molecule is CNCCSC1COC1. The summed E-state index contributed by atoms with van der Waals surface area (Å²) in [5.41, 5.74) is 0. The van der Waals surface area contributed by atoms with Crippen molar-refractivity contribution in [2.45, 2.75) is 5.25 Å². The Hall–Kier alpha value is 0.270. The third-order valence-corrected chi connectivity index (χ3v) is 2.50. The van der Waals surface area contributed by atoms with E-state index in [1.54, 1.807) is 0 Å². The van der Waals surface area contributed by atoms with Crippen LogP contribution < -0.4 is 5.32 Å². The van der Waals surface area contributed by atoms with Crippen molar-refractivity contribution in [3.05, 3.63) is 0 Å². The second kappa shape index (κ2) is 4.14. The van der Waals surface area contributed by atoms with Gasteiger partial charge in [-0.1, -0.05) is 0 Å². The lowest BCUT2D eigenvalue weighted by Gasteiger charge is -2.24. The van der Waals surface area contributed by atoms with Crippen molar-refractivity contribution >= 4 is 11.8 Å². The number of thioether (sulfide) groups is 1. The lowest BCUT2D eigenvalue weighted by Crippen LogP contribution is -2.31. The van der Waals surface area contributed by atoms with Crippen LogP contribution in [0, 0.1) is 0 Å². The van der Waals surface area contributed by atoms with E-state index in [2.05, 4.69) is 5.32 Å². The number of hydrogen-bond donors (Lipinski definition) is 1. The van der Waals surface area contributed by atoms with Gasteiger partial charge in [0.1, 0.15) is 0 Å². The molecule has 0 unspecified atom stereocenters. The summed E-state index contributed by atoms with van der Waals surface area (Å²) >= 11 is 2.00. The van der Waals surface area contributed by atoms with E-state index >= 15 is 0 Å². The number of ether oxygens (including phenoxy) is 1. The highest BCUT2D eigenvalue weighted by Gasteiger charge is 2.17. The minimum Gasteiger partial charge on any atom is -0.379 e. The molecule has 1 rings (SSSR count). The molecule has 0 atom stereocenters. The molecule has 3 heteroatoms. The first-order valence-electron chi connectivity index (χ1n) is 3.27. The van der Waals surface area contributed by atoms with Crippen LogP contribution in [0.5, 0.6) is 0 Å². The van der Waals surface area contributed by atoms with E-state index in [1.165, 1.54) is 5.75 Å². The maximum absolute atomic E-state index is 5.02. The molecule has 0 amide bonds. The highest BCUT2D eigenvalue weighted by molar-refractivity contribution is 8.00. The topological polar surface area (TPSA) is 21.3 Å². The summed E-state index contributed by atoms with van der Waals surface area (Å²) < 4.78 is 5.02. The predicted molar refractivity (Wildman–Crippen MR) is 41.0 cm³/mol. The Morgan fingerprint density at radius 2 is 2.44 bits per heavy atom. The van der Waals surface area contributed by atoms with E-state index in [0.29, 0.717) is 0 Å². The van der Waals surface area contributed by atoms with Crippen LogP contribution in [0.15, 0.2) is 0 Å². The van der Waals surface area contributed by atoms with Crippen molar-refractivity contribution in [3.8, 4) is 0 Å². The molecule has 0 aliphatic carbocycles. The van der Waals surface area contributed by atoms with Gasteiger partial charge in [0.15, 0.2) is 0 Å². The Balaban J connectivity index is 1.80. The van der Waals surface area contributed by atoms with Gasteiger partial charge in [-0.2, -0.15) is 11.8 Å². The first-order chi connectivity index (χ1) is 4.43. The van der Waals surface area contributed by atoms with Crippen LogP contribution in [0.4, 0.5) is 0 Å². The van der Waals surface area contributed by atoms with Crippen molar-refractivity contribution in [3.63, 3.8) is 0 Å². The second-order valence-corrected chi connectivity index (χ2v) is 3.54. The quantitative estimate of drug-likeness (QED) is 0.579. The van der Waals surface area contributed by atoms with E-state index < -0.39 is 0 Å². The maximum Gasteiger partial charge on any atom is 0.0607 e. The highest BCUT2D eigenvalue weighted by atomic mass is 32.2. The lowest BCUT2D eigenvalue weighted by molar-refractivity contribution is 0.0455. The van der Waals surface area contributed by atoms with Crippen LogP contribution in [-0.2, 0) is 4.74 Å². The number of hydrogen-bond acceptors (Lipinski definition) is 3. The largest absolute Gasteiger partial charge is 0.379 e. The fraction of sp³-hybridized carbons (Fsp3) is 1.00. The summed E-state index contributed by atoms with van der Waals surface area (Å²) in [5.74, 6) is 1.21. The Labute approximate surface area is 60.3 Å². The normalized spacial score (nSPS) is 19.7. The zero-order valence-electron chi connectivity index (χ0n) is 5.72. The van der Waals surface area contributed by atoms with Gasteiger partial charge in [-0.25, -0.2) is 0 Å². The molecule has 0 aromatic carbocycles. The summed E-state index contributed by atoms with van der Waals surface area (Å²) in [4.78, 5) is 0. The fourth-order valence-corrected chi connectivity index (χ4v) is 1.68. The zero-order valence-corrected chi connectivity index (χ0v) is 6.54. The van der Waals surface area contributed by atoms with Gasteiger partial charge in [0.25, 0.3) is 0 Å².